The minimum absolute atomic E-state index is 0. The maximum Gasteiger partial charge on any atom is 0.127 e. The Bertz CT molecular complexity index is 697. The third kappa shape index (κ3) is 2.45. The van der Waals surface area contributed by atoms with Gasteiger partial charge in [-0.05, 0) is 37.9 Å². The van der Waals surface area contributed by atoms with Crippen LogP contribution in [0.25, 0.3) is 21.6 Å². The fourth-order valence-corrected chi connectivity index (χ4v) is 2.45. The van der Waals surface area contributed by atoms with Gasteiger partial charge in [-0.1, -0.05) is 5.56 Å². The van der Waals surface area contributed by atoms with E-state index in [1.165, 1.54) is 0 Å². The average Bonchev–Trinajstić information content (AvgIpc) is 2.96. The van der Waals surface area contributed by atoms with Crippen molar-refractivity contribution in [3.63, 3.8) is 0 Å². The van der Waals surface area contributed by atoms with E-state index in [1.54, 1.807) is 23.9 Å². The van der Waals surface area contributed by atoms with Gasteiger partial charge in [-0.3, -0.25) is 14.6 Å². The summed E-state index contributed by atoms with van der Waals surface area (Å²) in [5.41, 5.74) is 3.36. The van der Waals surface area contributed by atoms with Crippen molar-refractivity contribution >= 4 is 21.6 Å². The normalized spacial score (nSPS) is 11.5. The first-order chi connectivity index (χ1) is 8.57. The summed E-state index contributed by atoms with van der Waals surface area (Å²) in [5, 5.41) is 4.29. The van der Waals surface area contributed by atoms with Crippen molar-refractivity contribution in [2.75, 3.05) is 0 Å². The van der Waals surface area contributed by atoms with Crippen molar-refractivity contribution in [3.8, 4) is 11.4 Å². The monoisotopic (exact) mass is 451 g/mol. The van der Waals surface area contributed by atoms with E-state index < -0.39 is 0 Å². The van der Waals surface area contributed by atoms with Crippen molar-refractivity contribution in [1.29, 1.82) is 0 Å². The molecule has 3 aromatic rings. The molecule has 0 aliphatic heterocycles. The summed E-state index contributed by atoms with van der Waals surface area (Å²) in [5.74, 6) is 0.756. The average molecular weight is 451 g/mol. The summed E-state index contributed by atoms with van der Waals surface area (Å²) in [6.45, 7) is 6.25. The molecular formula is C12H12IrN5S-. The van der Waals surface area contributed by atoms with Gasteiger partial charge in [0.25, 0.3) is 0 Å². The molecule has 0 spiro atoms. The minimum Gasteiger partial charge on any atom is -0.358 e. The molecule has 7 heteroatoms. The van der Waals surface area contributed by atoms with E-state index in [1.807, 2.05) is 10.2 Å². The summed E-state index contributed by atoms with van der Waals surface area (Å²) in [7, 11) is 0. The number of aromatic nitrogens is 5. The van der Waals surface area contributed by atoms with E-state index in [-0.39, 0.29) is 25.6 Å². The van der Waals surface area contributed by atoms with Gasteiger partial charge in [-0.25, -0.2) is 0 Å². The van der Waals surface area contributed by atoms with Gasteiger partial charge in [0, 0.05) is 31.2 Å². The molecule has 0 atom stereocenters. The summed E-state index contributed by atoms with van der Waals surface area (Å²) in [6, 6.07) is 0. The van der Waals surface area contributed by atoms with Gasteiger partial charge in [0.05, 0.1) is 11.3 Å². The first-order valence-corrected chi connectivity index (χ1v) is 6.46. The number of hydrogen-bond acceptors (Lipinski definition) is 5. The molecule has 0 saturated heterocycles. The van der Waals surface area contributed by atoms with E-state index >= 15 is 0 Å². The molecule has 0 aromatic carbocycles. The molecule has 101 valence electrons. The molecule has 3 aromatic heterocycles. The summed E-state index contributed by atoms with van der Waals surface area (Å²) >= 11 is 1.56. The molecule has 0 amide bonds. The minimum atomic E-state index is -0.141. The maximum atomic E-state index is 4.36. The van der Waals surface area contributed by atoms with E-state index in [0.717, 1.165) is 21.6 Å². The van der Waals surface area contributed by atoms with Crippen LogP contribution in [-0.2, 0) is 25.6 Å². The molecular weight excluding hydrogens is 438 g/mol. The first-order valence-electron chi connectivity index (χ1n) is 5.58. The van der Waals surface area contributed by atoms with E-state index in [4.69, 9.17) is 0 Å². The fraction of sp³-hybridized carbons (Fsp3) is 0.333. The van der Waals surface area contributed by atoms with Crippen LogP contribution in [0.5, 0.6) is 0 Å². The smallest absolute Gasteiger partial charge is 0.127 e. The molecule has 0 fully saturated rings. The first kappa shape index (κ1) is 14.2. The van der Waals surface area contributed by atoms with Gasteiger partial charge >= 0.3 is 0 Å². The van der Waals surface area contributed by atoms with E-state index in [0.29, 0.717) is 0 Å². The van der Waals surface area contributed by atoms with Gasteiger partial charge in [-0.15, -0.1) is 11.3 Å². The molecule has 0 bridgehead atoms. The van der Waals surface area contributed by atoms with Crippen LogP contribution in [0.1, 0.15) is 20.8 Å². The Balaban J connectivity index is 0.00000133. The third-order valence-corrected chi connectivity index (χ3v) is 3.36. The number of nitrogens with zero attached hydrogens (tertiary/aromatic N) is 5. The van der Waals surface area contributed by atoms with Crippen LogP contribution < -0.4 is 0 Å². The van der Waals surface area contributed by atoms with Gasteiger partial charge < -0.3 is 4.98 Å². The Morgan fingerprint density at radius 3 is 2.79 bits per heavy atom. The second-order valence-corrected chi connectivity index (χ2v) is 5.86. The van der Waals surface area contributed by atoms with Gasteiger partial charge in [0.15, 0.2) is 0 Å². The second-order valence-electron chi connectivity index (χ2n) is 4.98. The van der Waals surface area contributed by atoms with Crippen LogP contribution in [0, 0.1) is 6.20 Å². The van der Waals surface area contributed by atoms with Gasteiger partial charge in [0.2, 0.25) is 0 Å². The van der Waals surface area contributed by atoms with Crippen LogP contribution in [0.15, 0.2) is 18.0 Å². The standard InChI is InChI=1S/C12H12N5S.Ir/c1-12(2,3)17-11(14-6-16-17)8-4-13-5-9-10(8)15-7-18-9;/h5-7H,1-3H3;/q-1;. The van der Waals surface area contributed by atoms with Crippen molar-refractivity contribution in [2.45, 2.75) is 26.3 Å². The zero-order valence-electron chi connectivity index (χ0n) is 10.7. The number of rotatable bonds is 1. The van der Waals surface area contributed by atoms with Crippen molar-refractivity contribution in [2.24, 2.45) is 0 Å². The molecule has 5 nitrogen and oxygen atoms in total. The fourth-order valence-electron chi connectivity index (χ4n) is 1.80. The summed E-state index contributed by atoms with van der Waals surface area (Å²) in [6.07, 6.45) is 6.31. The predicted octanol–water partition coefficient (Wildman–Crippen LogP) is 2.50. The van der Waals surface area contributed by atoms with Gasteiger partial charge in [-0.2, -0.15) is 5.10 Å². The van der Waals surface area contributed by atoms with E-state index in [9.17, 15) is 0 Å². The Hall–Kier alpha value is -1.17. The molecule has 3 heterocycles. The maximum absolute atomic E-state index is 4.36. The Morgan fingerprint density at radius 2 is 2.05 bits per heavy atom. The van der Waals surface area contributed by atoms with Crippen LogP contribution >= 0.6 is 11.3 Å². The zero-order valence-corrected chi connectivity index (χ0v) is 13.9. The molecule has 0 aliphatic carbocycles. The van der Waals surface area contributed by atoms with Crippen molar-refractivity contribution < 1.29 is 20.1 Å². The Kier molecular flexibility index (Phi) is 3.80. The Labute approximate surface area is 128 Å². The molecule has 1 radical (unpaired) electrons. The van der Waals surface area contributed by atoms with Gasteiger partial charge in [0.1, 0.15) is 6.33 Å². The van der Waals surface area contributed by atoms with E-state index in [2.05, 4.69) is 47.0 Å². The molecule has 19 heavy (non-hydrogen) atoms. The number of fused-ring (bicyclic) bond motifs is 1. The quantitative estimate of drug-likeness (QED) is 0.535. The largest absolute Gasteiger partial charge is 0.358 e. The Morgan fingerprint density at radius 1 is 1.26 bits per heavy atom. The summed E-state index contributed by atoms with van der Waals surface area (Å²) < 4.78 is 2.91. The molecule has 0 unspecified atom stereocenters. The topological polar surface area (TPSA) is 56.5 Å². The van der Waals surface area contributed by atoms with Crippen LogP contribution in [0.3, 0.4) is 0 Å². The van der Waals surface area contributed by atoms with Crippen molar-refractivity contribution in [1.82, 2.24) is 24.7 Å². The summed E-state index contributed by atoms with van der Waals surface area (Å²) in [4.78, 5) is 12.8. The van der Waals surface area contributed by atoms with Crippen molar-refractivity contribution in [3.05, 3.63) is 24.2 Å². The molecule has 0 aliphatic rings. The number of thiazole rings is 1. The SMILES string of the molecule is CC(C)(C)n1ncnc1-c1[c-]ncc2scnc12.[Ir]. The second kappa shape index (κ2) is 5.07. The molecule has 0 saturated carbocycles. The third-order valence-electron chi connectivity index (χ3n) is 2.60. The predicted molar refractivity (Wildman–Crippen MR) is 70.3 cm³/mol. The number of pyridine rings is 1. The van der Waals surface area contributed by atoms with Crippen LogP contribution in [0.2, 0.25) is 0 Å². The van der Waals surface area contributed by atoms with Crippen LogP contribution in [0.4, 0.5) is 0 Å². The van der Waals surface area contributed by atoms with Crippen LogP contribution in [-0.4, -0.2) is 24.7 Å². The molecule has 0 N–H and O–H groups in total. The molecule has 3 rings (SSSR count). The number of hydrogen-bond donors (Lipinski definition) is 0. The zero-order chi connectivity index (χ0) is 12.8.